The Bertz CT molecular complexity index is 336. The fourth-order valence-electron chi connectivity index (χ4n) is 2.29. The molecule has 1 saturated heterocycles. The van der Waals surface area contributed by atoms with Crippen LogP contribution in [0.15, 0.2) is 18.7 Å². The lowest BCUT2D eigenvalue weighted by Crippen LogP contribution is -2.39. The fraction of sp³-hybridized carbons (Fsp3) is 0.636. The van der Waals surface area contributed by atoms with E-state index in [1.807, 2.05) is 18.7 Å². The lowest BCUT2D eigenvalue weighted by Gasteiger charge is -2.23. The van der Waals surface area contributed by atoms with Crippen molar-refractivity contribution in [3.05, 3.63) is 18.7 Å². The van der Waals surface area contributed by atoms with Crippen LogP contribution in [0.2, 0.25) is 0 Å². The molecule has 1 aliphatic heterocycles. The van der Waals surface area contributed by atoms with Crippen LogP contribution in [-0.2, 0) is 6.54 Å². The van der Waals surface area contributed by atoms with Gasteiger partial charge in [0.25, 0.3) is 0 Å². The molecule has 1 fully saturated rings. The number of nitrogens with zero attached hydrogens (tertiary/aromatic N) is 3. The van der Waals surface area contributed by atoms with E-state index in [1.165, 1.54) is 6.42 Å². The normalized spacial score (nSPS) is 21.4. The van der Waals surface area contributed by atoms with E-state index in [0.29, 0.717) is 11.0 Å². The Morgan fingerprint density at radius 1 is 1.50 bits per heavy atom. The van der Waals surface area contributed by atoms with Gasteiger partial charge in [-0.3, -0.25) is 4.90 Å². The predicted molar refractivity (Wildman–Crippen MR) is 68.2 cm³/mol. The van der Waals surface area contributed by atoms with E-state index in [0.717, 1.165) is 32.5 Å². The molecule has 1 aromatic heterocycles. The van der Waals surface area contributed by atoms with E-state index in [4.69, 9.17) is 18.0 Å². The number of thiocarbonyl (C=S) groups is 1. The summed E-state index contributed by atoms with van der Waals surface area (Å²) in [6.07, 6.45) is 9.13. The number of hydrogen-bond donors (Lipinski definition) is 1. The van der Waals surface area contributed by atoms with Crippen molar-refractivity contribution in [1.29, 1.82) is 0 Å². The summed E-state index contributed by atoms with van der Waals surface area (Å²) in [7, 11) is 0. The third-order valence-corrected chi connectivity index (χ3v) is 3.38. The molecule has 88 valence electrons. The minimum Gasteiger partial charge on any atom is -0.392 e. The van der Waals surface area contributed by atoms with Crippen molar-refractivity contribution in [3.63, 3.8) is 0 Å². The van der Waals surface area contributed by atoms with Crippen LogP contribution >= 0.6 is 12.2 Å². The molecule has 1 aromatic rings. The largest absolute Gasteiger partial charge is 0.392 e. The molecule has 0 bridgehead atoms. The van der Waals surface area contributed by atoms with Gasteiger partial charge in [-0.05, 0) is 25.8 Å². The zero-order valence-electron chi connectivity index (χ0n) is 9.38. The molecule has 1 aliphatic rings. The van der Waals surface area contributed by atoms with Gasteiger partial charge in [-0.2, -0.15) is 0 Å². The van der Waals surface area contributed by atoms with Gasteiger partial charge in [0.05, 0.1) is 17.4 Å². The Kier molecular flexibility index (Phi) is 3.90. The highest BCUT2D eigenvalue weighted by Gasteiger charge is 2.25. The second-order valence-electron chi connectivity index (χ2n) is 4.25. The van der Waals surface area contributed by atoms with Crippen molar-refractivity contribution in [2.45, 2.75) is 31.8 Å². The van der Waals surface area contributed by atoms with Gasteiger partial charge in [0.15, 0.2) is 0 Å². The zero-order chi connectivity index (χ0) is 11.4. The van der Waals surface area contributed by atoms with Crippen molar-refractivity contribution in [2.24, 2.45) is 5.73 Å². The number of likely N-dealkylation sites (tertiary alicyclic amines) is 1. The molecule has 0 radical (unpaired) electrons. The minimum absolute atomic E-state index is 0.331. The zero-order valence-corrected chi connectivity index (χ0v) is 10.2. The summed E-state index contributed by atoms with van der Waals surface area (Å²) >= 11 is 5.08. The van der Waals surface area contributed by atoms with Crippen LogP contribution < -0.4 is 5.73 Å². The van der Waals surface area contributed by atoms with Crippen molar-refractivity contribution in [3.8, 4) is 0 Å². The topological polar surface area (TPSA) is 47.1 Å². The Labute approximate surface area is 101 Å². The molecule has 1 unspecified atom stereocenters. The van der Waals surface area contributed by atoms with E-state index in [1.54, 1.807) is 0 Å². The Balaban J connectivity index is 1.75. The molecule has 0 saturated carbocycles. The van der Waals surface area contributed by atoms with Crippen molar-refractivity contribution < 1.29 is 0 Å². The molecule has 0 aliphatic carbocycles. The van der Waals surface area contributed by atoms with Crippen LogP contribution in [0.4, 0.5) is 0 Å². The molecule has 4 nitrogen and oxygen atoms in total. The Morgan fingerprint density at radius 3 is 3.06 bits per heavy atom. The van der Waals surface area contributed by atoms with Crippen LogP contribution in [0.25, 0.3) is 0 Å². The smallest absolute Gasteiger partial charge is 0.0945 e. The first-order chi connectivity index (χ1) is 7.77. The van der Waals surface area contributed by atoms with Gasteiger partial charge in [0.1, 0.15) is 0 Å². The minimum atomic E-state index is 0.331. The van der Waals surface area contributed by atoms with Gasteiger partial charge in [0, 0.05) is 25.5 Å². The van der Waals surface area contributed by atoms with Gasteiger partial charge in [-0.15, -0.1) is 0 Å². The van der Waals surface area contributed by atoms with Crippen LogP contribution in [0.3, 0.4) is 0 Å². The van der Waals surface area contributed by atoms with Crippen molar-refractivity contribution >= 4 is 17.2 Å². The van der Waals surface area contributed by atoms with Crippen LogP contribution in [0, 0.1) is 0 Å². The standard InChI is InChI=1S/C11H18N4S/c12-11(16)10-3-1-6-15(10)7-2-5-14-8-4-13-9-14/h4,8-10H,1-3,5-7H2,(H2,12,16). The monoisotopic (exact) mass is 238 g/mol. The molecule has 0 spiro atoms. The summed E-state index contributed by atoms with van der Waals surface area (Å²) in [4.78, 5) is 7.08. The maximum absolute atomic E-state index is 5.73. The van der Waals surface area contributed by atoms with Crippen LogP contribution in [0.1, 0.15) is 19.3 Å². The molecular formula is C11H18N4S. The van der Waals surface area contributed by atoms with Gasteiger partial charge in [-0.25, -0.2) is 4.98 Å². The average Bonchev–Trinajstić information content (AvgIpc) is 2.87. The lowest BCUT2D eigenvalue weighted by molar-refractivity contribution is 0.292. The fourth-order valence-corrected chi connectivity index (χ4v) is 2.56. The van der Waals surface area contributed by atoms with Gasteiger partial charge in [-0.1, -0.05) is 12.2 Å². The molecule has 2 heterocycles. The average molecular weight is 238 g/mol. The molecule has 2 rings (SSSR count). The number of imidazole rings is 1. The highest BCUT2D eigenvalue weighted by molar-refractivity contribution is 7.80. The predicted octanol–water partition coefficient (Wildman–Crippen LogP) is 1.02. The maximum Gasteiger partial charge on any atom is 0.0945 e. The summed E-state index contributed by atoms with van der Waals surface area (Å²) in [5.41, 5.74) is 5.73. The molecule has 5 heteroatoms. The molecular weight excluding hydrogens is 220 g/mol. The lowest BCUT2D eigenvalue weighted by atomic mass is 10.2. The summed E-state index contributed by atoms with van der Waals surface area (Å²) in [5, 5.41) is 0. The van der Waals surface area contributed by atoms with Gasteiger partial charge < -0.3 is 10.3 Å². The van der Waals surface area contributed by atoms with Crippen molar-refractivity contribution in [2.75, 3.05) is 13.1 Å². The van der Waals surface area contributed by atoms with Gasteiger partial charge in [0.2, 0.25) is 0 Å². The van der Waals surface area contributed by atoms with E-state index < -0.39 is 0 Å². The highest BCUT2D eigenvalue weighted by atomic mass is 32.1. The highest BCUT2D eigenvalue weighted by Crippen LogP contribution is 2.17. The second kappa shape index (κ2) is 5.41. The summed E-state index contributed by atoms with van der Waals surface area (Å²) in [6.45, 7) is 3.21. The molecule has 1 atom stereocenters. The first-order valence-corrected chi connectivity index (χ1v) is 6.17. The van der Waals surface area contributed by atoms with Crippen LogP contribution in [0.5, 0.6) is 0 Å². The number of aryl methyl sites for hydroxylation is 1. The summed E-state index contributed by atoms with van der Waals surface area (Å²) in [5.74, 6) is 0. The number of rotatable bonds is 5. The third kappa shape index (κ3) is 2.80. The first-order valence-electron chi connectivity index (χ1n) is 5.76. The van der Waals surface area contributed by atoms with Gasteiger partial charge >= 0.3 is 0 Å². The summed E-state index contributed by atoms with van der Waals surface area (Å²) in [6, 6.07) is 0.331. The SMILES string of the molecule is NC(=S)C1CCCN1CCCn1ccnc1. The molecule has 0 amide bonds. The second-order valence-corrected chi connectivity index (χ2v) is 4.72. The number of hydrogen-bond acceptors (Lipinski definition) is 3. The number of nitrogens with two attached hydrogens (primary N) is 1. The molecule has 0 aromatic carbocycles. The van der Waals surface area contributed by atoms with E-state index in [2.05, 4.69) is 14.5 Å². The molecule has 2 N–H and O–H groups in total. The maximum atomic E-state index is 5.73. The summed E-state index contributed by atoms with van der Waals surface area (Å²) < 4.78 is 2.10. The molecule has 16 heavy (non-hydrogen) atoms. The van der Waals surface area contributed by atoms with Crippen molar-refractivity contribution in [1.82, 2.24) is 14.5 Å². The van der Waals surface area contributed by atoms with E-state index in [9.17, 15) is 0 Å². The van der Waals surface area contributed by atoms with E-state index >= 15 is 0 Å². The van der Waals surface area contributed by atoms with E-state index in [-0.39, 0.29) is 0 Å². The Morgan fingerprint density at radius 2 is 2.38 bits per heavy atom. The Hall–Kier alpha value is -0.940. The van der Waals surface area contributed by atoms with Crippen LogP contribution in [-0.4, -0.2) is 38.6 Å². The quantitative estimate of drug-likeness (QED) is 0.778. The number of aromatic nitrogens is 2. The first kappa shape index (κ1) is 11.5. The third-order valence-electron chi connectivity index (χ3n) is 3.11.